The van der Waals surface area contributed by atoms with Gasteiger partial charge >= 0.3 is 0 Å². The number of hydrogen-bond donors (Lipinski definition) is 2. The molecule has 0 aromatic rings. The van der Waals surface area contributed by atoms with E-state index in [1.807, 2.05) is 0 Å². The van der Waals surface area contributed by atoms with E-state index in [-0.39, 0.29) is 11.1 Å². The molecule has 8 rings (SSSR count). The van der Waals surface area contributed by atoms with Crippen molar-refractivity contribution in [3.63, 3.8) is 0 Å². The summed E-state index contributed by atoms with van der Waals surface area (Å²) in [5.41, 5.74) is 15.4. The molecule has 0 aromatic heterocycles. The van der Waals surface area contributed by atoms with Crippen LogP contribution in [0.25, 0.3) is 0 Å². The van der Waals surface area contributed by atoms with Crippen molar-refractivity contribution in [2.24, 2.45) is 46.0 Å². The zero-order chi connectivity index (χ0) is 14.8. The second-order valence-electron chi connectivity index (χ2n) is 11.2. The molecule has 2 heteroatoms. The fourth-order valence-electron chi connectivity index (χ4n) is 9.91. The van der Waals surface area contributed by atoms with Crippen molar-refractivity contribution in [3.05, 3.63) is 0 Å². The van der Waals surface area contributed by atoms with Gasteiger partial charge in [0.15, 0.2) is 0 Å². The van der Waals surface area contributed by atoms with Crippen molar-refractivity contribution in [2.45, 2.75) is 88.1 Å². The molecule has 0 spiro atoms. The molecule has 2 nitrogen and oxygen atoms in total. The first-order valence-electron chi connectivity index (χ1n) is 9.97. The van der Waals surface area contributed by atoms with Gasteiger partial charge in [0.25, 0.3) is 0 Å². The van der Waals surface area contributed by atoms with E-state index in [1.165, 1.54) is 77.0 Å². The SMILES string of the molecule is NC12C[C@H]3C[C@@H](C1)CC(C14C[C@@H]5C[C@@H](CC(N)(C5)C1)C4)(C3)C2. The molecule has 8 atom stereocenters. The van der Waals surface area contributed by atoms with Crippen molar-refractivity contribution >= 4 is 0 Å². The van der Waals surface area contributed by atoms with Crippen LogP contribution in [0.4, 0.5) is 0 Å². The Kier molecular flexibility index (Phi) is 2.18. The highest BCUT2D eigenvalue weighted by atomic mass is 14.9. The first-order valence-corrected chi connectivity index (χ1v) is 9.97. The van der Waals surface area contributed by atoms with E-state index in [0.29, 0.717) is 10.8 Å². The summed E-state index contributed by atoms with van der Waals surface area (Å²) >= 11 is 0. The number of hydrogen-bond acceptors (Lipinski definition) is 2. The fourth-order valence-corrected chi connectivity index (χ4v) is 9.91. The van der Waals surface area contributed by atoms with Crippen LogP contribution in [0.2, 0.25) is 0 Å². The van der Waals surface area contributed by atoms with Crippen LogP contribution in [-0.4, -0.2) is 11.1 Å². The third-order valence-corrected chi connectivity index (χ3v) is 9.34. The van der Waals surface area contributed by atoms with Crippen molar-refractivity contribution in [1.29, 1.82) is 0 Å². The lowest BCUT2D eigenvalue weighted by atomic mass is 9.33. The normalized spacial score (nSPS) is 67.9. The van der Waals surface area contributed by atoms with E-state index in [9.17, 15) is 0 Å². The molecular formula is C20H32N2. The van der Waals surface area contributed by atoms with Crippen LogP contribution in [0.3, 0.4) is 0 Å². The summed E-state index contributed by atoms with van der Waals surface area (Å²) in [6.07, 6.45) is 17.1. The maximum absolute atomic E-state index is 6.93. The van der Waals surface area contributed by atoms with Crippen LogP contribution in [0.15, 0.2) is 0 Å². The topological polar surface area (TPSA) is 52.0 Å². The molecule has 0 aliphatic heterocycles. The van der Waals surface area contributed by atoms with Crippen LogP contribution < -0.4 is 11.5 Å². The second-order valence-corrected chi connectivity index (χ2v) is 11.2. The molecule has 8 aliphatic carbocycles. The highest BCUT2D eigenvalue weighted by molar-refractivity contribution is 5.21. The molecule has 4 unspecified atom stereocenters. The molecule has 8 fully saturated rings. The molecule has 4 N–H and O–H groups in total. The quantitative estimate of drug-likeness (QED) is 0.777. The molecule has 8 aliphatic rings. The van der Waals surface area contributed by atoms with Gasteiger partial charge in [0.1, 0.15) is 0 Å². The van der Waals surface area contributed by atoms with Crippen LogP contribution in [0.5, 0.6) is 0 Å². The Labute approximate surface area is 134 Å². The molecule has 22 heavy (non-hydrogen) atoms. The summed E-state index contributed by atoms with van der Waals surface area (Å²) in [5, 5.41) is 0. The van der Waals surface area contributed by atoms with Crippen LogP contribution in [-0.2, 0) is 0 Å². The monoisotopic (exact) mass is 300 g/mol. The Morgan fingerprint density at radius 2 is 0.818 bits per heavy atom. The molecule has 122 valence electrons. The average Bonchev–Trinajstić information content (AvgIpc) is 2.31. The standard InChI is InChI=1S/C20H32N2/c21-19-7-13-1-14(8-19)4-17(3-13,11-19)18-5-15-2-16(6-18)10-20(22,9-15)12-18/h13-16H,1-12,21-22H2/t13-,14+,15-,16+,17?,18?,19?,20?. The van der Waals surface area contributed by atoms with E-state index in [4.69, 9.17) is 11.5 Å². The maximum atomic E-state index is 6.93. The summed E-state index contributed by atoms with van der Waals surface area (Å²) in [4.78, 5) is 0. The van der Waals surface area contributed by atoms with Crippen LogP contribution >= 0.6 is 0 Å². The van der Waals surface area contributed by atoms with E-state index >= 15 is 0 Å². The van der Waals surface area contributed by atoms with Gasteiger partial charge in [-0.05, 0) is 112 Å². The zero-order valence-electron chi connectivity index (χ0n) is 13.9. The lowest BCUT2D eigenvalue weighted by Crippen LogP contribution is -2.70. The van der Waals surface area contributed by atoms with E-state index in [0.717, 1.165) is 23.7 Å². The number of nitrogens with two attached hydrogens (primary N) is 2. The van der Waals surface area contributed by atoms with Gasteiger partial charge in [-0.1, -0.05) is 0 Å². The summed E-state index contributed by atoms with van der Waals surface area (Å²) in [7, 11) is 0. The molecular weight excluding hydrogens is 268 g/mol. The minimum Gasteiger partial charge on any atom is -0.325 e. The van der Waals surface area contributed by atoms with Crippen molar-refractivity contribution in [3.8, 4) is 0 Å². The molecule has 0 heterocycles. The first kappa shape index (κ1) is 13.2. The van der Waals surface area contributed by atoms with Gasteiger partial charge in [-0.2, -0.15) is 0 Å². The van der Waals surface area contributed by atoms with E-state index < -0.39 is 0 Å². The summed E-state index contributed by atoms with van der Waals surface area (Å²) in [5.74, 6) is 3.81. The Balaban J connectivity index is 1.46. The predicted octanol–water partition coefficient (Wildman–Crippen LogP) is 3.58. The lowest BCUT2D eigenvalue weighted by molar-refractivity contribution is -0.207. The summed E-state index contributed by atoms with van der Waals surface area (Å²) in [6, 6.07) is 0. The van der Waals surface area contributed by atoms with Crippen molar-refractivity contribution < 1.29 is 0 Å². The highest BCUT2D eigenvalue weighted by Crippen LogP contribution is 2.75. The Morgan fingerprint density at radius 1 is 0.500 bits per heavy atom. The molecule has 0 radical (unpaired) electrons. The molecule has 8 bridgehead atoms. The van der Waals surface area contributed by atoms with Gasteiger partial charge in [0.2, 0.25) is 0 Å². The summed E-state index contributed by atoms with van der Waals surface area (Å²) in [6.45, 7) is 0. The molecule has 8 saturated carbocycles. The van der Waals surface area contributed by atoms with Gasteiger partial charge in [-0.3, -0.25) is 0 Å². The minimum absolute atomic E-state index is 0.204. The smallest absolute Gasteiger partial charge is 0.0165 e. The second kappa shape index (κ2) is 3.61. The van der Waals surface area contributed by atoms with E-state index in [1.54, 1.807) is 0 Å². The Bertz CT molecular complexity index is 462. The van der Waals surface area contributed by atoms with Gasteiger partial charge in [-0.25, -0.2) is 0 Å². The van der Waals surface area contributed by atoms with Gasteiger partial charge in [-0.15, -0.1) is 0 Å². The predicted molar refractivity (Wildman–Crippen MR) is 88.1 cm³/mol. The largest absolute Gasteiger partial charge is 0.325 e. The van der Waals surface area contributed by atoms with Crippen molar-refractivity contribution in [2.75, 3.05) is 0 Å². The fraction of sp³-hybridized carbons (Fsp3) is 1.00. The zero-order valence-corrected chi connectivity index (χ0v) is 13.9. The highest BCUT2D eigenvalue weighted by Gasteiger charge is 2.68. The Hall–Kier alpha value is -0.0800. The third-order valence-electron chi connectivity index (χ3n) is 9.34. The maximum Gasteiger partial charge on any atom is 0.0165 e. The average molecular weight is 300 g/mol. The van der Waals surface area contributed by atoms with E-state index in [2.05, 4.69) is 0 Å². The molecule has 0 saturated heterocycles. The van der Waals surface area contributed by atoms with Gasteiger partial charge < -0.3 is 11.5 Å². The Morgan fingerprint density at radius 3 is 1.09 bits per heavy atom. The number of rotatable bonds is 1. The molecule has 0 amide bonds. The molecule has 0 aromatic carbocycles. The summed E-state index contributed by atoms with van der Waals surface area (Å²) < 4.78 is 0. The van der Waals surface area contributed by atoms with Gasteiger partial charge in [0, 0.05) is 11.1 Å². The minimum atomic E-state index is 0.204. The first-order chi connectivity index (χ1) is 10.4. The van der Waals surface area contributed by atoms with Crippen LogP contribution in [0.1, 0.15) is 77.0 Å². The van der Waals surface area contributed by atoms with Crippen molar-refractivity contribution in [1.82, 2.24) is 0 Å². The lowest BCUT2D eigenvalue weighted by Gasteiger charge is -2.73. The van der Waals surface area contributed by atoms with Crippen LogP contribution in [0, 0.1) is 34.5 Å². The third kappa shape index (κ3) is 1.50. The van der Waals surface area contributed by atoms with Gasteiger partial charge in [0.05, 0.1) is 0 Å².